The number of aliphatic carboxylic acids is 1. The molecule has 3 rings (SSSR count). The third kappa shape index (κ3) is 5.39. The zero-order valence-corrected chi connectivity index (χ0v) is 19.7. The molecule has 0 saturated heterocycles. The van der Waals surface area contributed by atoms with Gasteiger partial charge in [-0.3, -0.25) is 4.79 Å². The van der Waals surface area contributed by atoms with Crippen molar-refractivity contribution in [1.82, 2.24) is 10.6 Å². The highest BCUT2D eigenvalue weighted by molar-refractivity contribution is 5.91. The minimum atomic E-state index is -1.85. The van der Waals surface area contributed by atoms with E-state index in [1.807, 2.05) is 62.4 Å². The summed E-state index contributed by atoms with van der Waals surface area (Å²) in [5.74, 6) is -2.08. The molecule has 182 valence electrons. The van der Waals surface area contributed by atoms with Crippen LogP contribution in [0.25, 0.3) is 11.1 Å². The van der Waals surface area contributed by atoms with Gasteiger partial charge in [-0.2, -0.15) is 0 Å². The molecule has 2 amide bonds. The van der Waals surface area contributed by atoms with E-state index in [0.717, 1.165) is 28.7 Å². The van der Waals surface area contributed by atoms with Crippen molar-refractivity contribution in [2.75, 3.05) is 13.2 Å². The molecule has 2 aromatic carbocycles. The van der Waals surface area contributed by atoms with Crippen LogP contribution in [0.4, 0.5) is 4.79 Å². The Morgan fingerprint density at radius 3 is 2.12 bits per heavy atom. The van der Waals surface area contributed by atoms with Crippen molar-refractivity contribution in [3.05, 3.63) is 59.7 Å². The van der Waals surface area contributed by atoms with E-state index in [9.17, 15) is 24.6 Å². The number of carbonyl (C=O) groups excluding carboxylic acids is 2. The molecule has 0 aliphatic heterocycles. The molecule has 1 aliphatic rings. The molecule has 8 heteroatoms. The molecule has 34 heavy (non-hydrogen) atoms. The molecular weight excluding hydrogens is 436 g/mol. The van der Waals surface area contributed by atoms with Crippen LogP contribution in [-0.4, -0.2) is 53.0 Å². The van der Waals surface area contributed by atoms with Gasteiger partial charge in [0.2, 0.25) is 5.91 Å². The standard InChI is InChI=1S/C26H32N2O6/c1-4-16(2)13-22(23(30)28-26(3,15-29)24(31)32)27-25(33)34-14-21-19-11-7-5-9-17(19)18-10-6-8-12-20(18)21/h5-12,16,21-22,29H,4,13-15H2,1-3H3,(H,27,33)(H,28,30)(H,31,32). The van der Waals surface area contributed by atoms with Gasteiger partial charge in [0.25, 0.3) is 0 Å². The number of fused-ring (bicyclic) bond motifs is 3. The lowest BCUT2D eigenvalue weighted by Crippen LogP contribution is -2.60. The van der Waals surface area contributed by atoms with Crippen molar-refractivity contribution in [2.24, 2.45) is 5.92 Å². The largest absolute Gasteiger partial charge is 0.479 e. The number of amides is 2. The molecule has 3 atom stereocenters. The monoisotopic (exact) mass is 468 g/mol. The second kappa shape index (κ2) is 10.7. The number of carboxylic acids is 1. The van der Waals surface area contributed by atoms with Crippen molar-refractivity contribution < 1.29 is 29.3 Å². The Balaban J connectivity index is 1.70. The van der Waals surface area contributed by atoms with Crippen molar-refractivity contribution >= 4 is 18.0 Å². The van der Waals surface area contributed by atoms with E-state index in [0.29, 0.717) is 6.42 Å². The van der Waals surface area contributed by atoms with E-state index >= 15 is 0 Å². The highest BCUT2D eigenvalue weighted by Gasteiger charge is 2.37. The number of hydrogen-bond acceptors (Lipinski definition) is 5. The number of nitrogens with one attached hydrogen (secondary N) is 2. The van der Waals surface area contributed by atoms with Gasteiger partial charge in [0, 0.05) is 5.92 Å². The summed E-state index contributed by atoms with van der Waals surface area (Å²) in [6.07, 6.45) is 0.311. The zero-order chi connectivity index (χ0) is 24.9. The Bertz CT molecular complexity index is 1010. The van der Waals surface area contributed by atoms with Crippen molar-refractivity contribution in [3.8, 4) is 11.1 Å². The third-order valence-electron chi connectivity index (χ3n) is 6.47. The fourth-order valence-corrected chi connectivity index (χ4v) is 4.10. The van der Waals surface area contributed by atoms with E-state index in [1.54, 1.807) is 0 Å². The lowest BCUT2D eigenvalue weighted by molar-refractivity contribution is -0.149. The molecule has 8 nitrogen and oxygen atoms in total. The van der Waals surface area contributed by atoms with Crippen LogP contribution >= 0.6 is 0 Å². The maximum absolute atomic E-state index is 12.8. The molecule has 0 radical (unpaired) electrons. The van der Waals surface area contributed by atoms with Crippen LogP contribution in [0, 0.1) is 5.92 Å². The van der Waals surface area contributed by atoms with Gasteiger partial charge in [-0.05, 0) is 41.5 Å². The van der Waals surface area contributed by atoms with Gasteiger partial charge in [-0.25, -0.2) is 9.59 Å². The first-order chi connectivity index (χ1) is 16.2. The first kappa shape index (κ1) is 25.2. The number of aliphatic hydroxyl groups excluding tert-OH is 1. The fraction of sp³-hybridized carbons (Fsp3) is 0.423. The number of benzene rings is 2. The van der Waals surface area contributed by atoms with Gasteiger partial charge >= 0.3 is 12.1 Å². The van der Waals surface area contributed by atoms with Gasteiger partial charge < -0.3 is 25.6 Å². The number of hydrogen-bond donors (Lipinski definition) is 4. The molecule has 0 bridgehead atoms. The molecule has 0 saturated carbocycles. The van der Waals surface area contributed by atoms with Gasteiger partial charge in [0.05, 0.1) is 6.61 Å². The van der Waals surface area contributed by atoms with Gasteiger partial charge in [0.1, 0.15) is 12.6 Å². The predicted molar refractivity (Wildman–Crippen MR) is 127 cm³/mol. The Hall–Kier alpha value is -3.39. The summed E-state index contributed by atoms with van der Waals surface area (Å²) in [7, 11) is 0. The first-order valence-electron chi connectivity index (χ1n) is 11.5. The first-order valence-corrected chi connectivity index (χ1v) is 11.5. The molecule has 0 fully saturated rings. The van der Waals surface area contributed by atoms with Crippen molar-refractivity contribution in [1.29, 1.82) is 0 Å². The van der Waals surface area contributed by atoms with Crippen LogP contribution in [0.1, 0.15) is 50.7 Å². The number of rotatable bonds is 10. The van der Waals surface area contributed by atoms with Crippen LogP contribution in [0.2, 0.25) is 0 Å². The Kier molecular flexibility index (Phi) is 7.94. The second-order valence-corrected chi connectivity index (χ2v) is 9.06. The summed E-state index contributed by atoms with van der Waals surface area (Å²) < 4.78 is 5.54. The minimum absolute atomic E-state index is 0.0925. The second-order valence-electron chi connectivity index (χ2n) is 9.06. The summed E-state index contributed by atoms with van der Waals surface area (Å²) in [5, 5.41) is 23.7. The summed E-state index contributed by atoms with van der Waals surface area (Å²) in [6, 6.07) is 15.0. The van der Waals surface area contributed by atoms with Crippen LogP contribution < -0.4 is 10.6 Å². The fourth-order valence-electron chi connectivity index (χ4n) is 4.10. The van der Waals surface area contributed by atoms with E-state index < -0.39 is 36.2 Å². The summed E-state index contributed by atoms with van der Waals surface area (Å²) in [5.41, 5.74) is 2.51. The number of aliphatic hydroxyl groups is 1. The van der Waals surface area contributed by atoms with Crippen LogP contribution in [0.5, 0.6) is 0 Å². The third-order valence-corrected chi connectivity index (χ3v) is 6.47. The van der Waals surface area contributed by atoms with E-state index in [2.05, 4.69) is 10.6 Å². The van der Waals surface area contributed by atoms with Crippen LogP contribution in [0.3, 0.4) is 0 Å². The summed E-state index contributed by atoms with van der Waals surface area (Å²) in [6.45, 7) is 4.42. The van der Waals surface area contributed by atoms with Crippen LogP contribution in [-0.2, 0) is 14.3 Å². The normalized spacial score (nSPS) is 15.9. The number of ether oxygens (including phenoxy) is 1. The summed E-state index contributed by atoms with van der Waals surface area (Å²) in [4.78, 5) is 37.0. The maximum atomic E-state index is 12.8. The predicted octanol–water partition coefficient (Wildman–Crippen LogP) is 3.28. The average Bonchev–Trinajstić information content (AvgIpc) is 3.15. The number of carboxylic acid groups (broad SMARTS) is 1. The van der Waals surface area contributed by atoms with Gasteiger partial charge in [-0.1, -0.05) is 68.8 Å². The van der Waals surface area contributed by atoms with Crippen molar-refractivity contribution in [3.63, 3.8) is 0 Å². The molecule has 3 unspecified atom stereocenters. The van der Waals surface area contributed by atoms with Gasteiger partial charge in [0.15, 0.2) is 5.54 Å². The Labute approximate surface area is 199 Å². The molecular formula is C26H32N2O6. The zero-order valence-electron chi connectivity index (χ0n) is 19.7. The Morgan fingerprint density at radius 1 is 1.06 bits per heavy atom. The highest BCUT2D eigenvalue weighted by atomic mass is 16.5. The quantitative estimate of drug-likeness (QED) is 0.424. The van der Waals surface area contributed by atoms with Crippen LogP contribution in [0.15, 0.2) is 48.5 Å². The molecule has 2 aromatic rings. The molecule has 4 N–H and O–H groups in total. The molecule has 1 aliphatic carbocycles. The highest BCUT2D eigenvalue weighted by Crippen LogP contribution is 2.44. The lowest BCUT2D eigenvalue weighted by atomic mass is 9.97. The van der Waals surface area contributed by atoms with E-state index in [-0.39, 0.29) is 18.4 Å². The molecule has 0 spiro atoms. The maximum Gasteiger partial charge on any atom is 0.407 e. The SMILES string of the molecule is CCC(C)CC(NC(=O)OCC1c2ccccc2-c2ccccc21)C(=O)NC(C)(CO)C(=O)O. The molecule has 0 heterocycles. The number of alkyl carbamates (subject to hydrolysis) is 1. The average molecular weight is 469 g/mol. The Morgan fingerprint density at radius 2 is 1.62 bits per heavy atom. The minimum Gasteiger partial charge on any atom is -0.479 e. The number of carbonyl (C=O) groups is 3. The topological polar surface area (TPSA) is 125 Å². The van der Waals surface area contributed by atoms with E-state index in [4.69, 9.17) is 4.74 Å². The van der Waals surface area contributed by atoms with E-state index in [1.165, 1.54) is 6.92 Å². The van der Waals surface area contributed by atoms with Gasteiger partial charge in [-0.15, -0.1) is 0 Å². The summed E-state index contributed by atoms with van der Waals surface area (Å²) >= 11 is 0. The lowest BCUT2D eigenvalue weighted by Gasteiger charge is -2.28. The smallest absolute Gasteiger partial charge is 0.407 e. The van der Waals surface area contributed by atoms with Crippen molar-refractivity contribution in [2.45, 2.75) is 51.1 Å². The molecule has 0 aromatic heterocycles.